The predicted octanol–water partition coefficient (Wildman–Crippen LogP) is -0.629. The van der Waals surface area contributed by atoms with Crippen LogP contribution in [0.2, 0.25) is 0 Å². The van der Waals surface area contributed by atoms with Crippen molar-refractivity contribution in [3.05, 3.63) is 0 Å². The van der Waals surface area contributed by atoms with Gasteiger partial charge < -0.3 is 5.11 Å². The monoisotopic (exact) mass is 171 g/mol. The van der Waals surface area contributed by atoms with Gasteiger partial charge in [-0.15, -0.1) is 0 Å². The Hall–Kier alpha value is 0.200. The molecule has 1 fully saturated rings. The molecule has 1 rings (SSSR count). The fraction of sp³-hybridized carbons (Fsp3) is 0.600. The Bertz CT molecular complexity index is 159. The molecule has 2 amide bonds. The van der Waals surface area contributed by atoms with Crippen LogP contribution in [0.5, 0.6) is 0 Å². The van der Waals surface area contributed by atoms with Gasteiger partial charge in [-0.25, -0.2) is 9.69 Å². The van der Waals surface area contributed by atoms with Crippen LogP contribution in [0.4, 0.5) is 4.79 Å². The van der Waals surface area contributed by atoms with Crippen LogP contribution in [0.1, 0.15) is 12.8 Å². The zero-order chi connectivity index (χ0) is 6.85. The van der Waals surface area contributed by atoms with E-state index in [1.165, 1.54) is 0 Å². The minimum atomic E-state index is -1.13. The average molecular weight is 171 g/mol. The van der Waals surface area contributed by atoms with Crippen LogP contribution in [0.25, 0.3) is 0 Å². The molecule has 5 heteroatoms. The second kappa shape index (κ2) is 4.16. The van der Waals surface area contributed by atoms with E-state index in [1.54, 1.807) is 0 Å². The Morgan fingerprint density at radius 2 is 2.20 bits per heavy atom. The van der Waals surface area contributed by atoms with Crippen LogP contribution < -0.4 is 0 Å². The summed E-state index contributed by atoms with van der Waals surface area (Å²) in [4.78, 5) is 21.5. The average Bonchev–Trinajstić information content (AvgIpc) is 2.13. The topological polar surface area (TPSA) is 57.6 Å². The summed E-state index contributed by atoms with van der Waals surface area (Å²) in [7, 11) is 0. The van der Waals surface area contributed by atoms with Crippen molar-refractivity contribution in [1.82, 2.24) is 4.90 Å². The van der Waals surface area contributed by atoms with Crippen molar-refractivity contribution in [2.24, 2.45) is 0 Å². The third-order valence-electron chi connectivity index (χ3n) is 1.30. The quantitative estimate of drug-likeness (QED) is 0.494. The normalized spacial score (nSPS) is 16.8. The van der Waals surface area contributed by atoms with Crippen LogP contribution in [0.3, 0.4) is 0 Å². The standard InChI is InChI=1S/C5H7NO3.Ca.2H/c7-4-2-1-3-6(4)5(8)9;;;/h1-3H2,(H,8,9);;;. The van der Waals surface area contributed by atoms with Gasteiger partial charge in [0, 0.05) is 13.0 Å². The summed E-state index contributed by atoms with van der Waals surface area (Å²) >= 11 is 0. The molecule has 0 unspecified atom stereocenters. The molecular formula is C5H9CaNO3. The molecule has 10 heavy (non-hydrogen) atoms. The number of carbonyl (C=O) groups excluding carboxylic acids is 1. The molecule has 0 radical (unpaired) electrons. The first-order chi connectivity index (χ1) is 4.22. The first-order valence-corrected chi connectivity index (χ1v) is 2.75. The maximum absolute atomic E-state index is 10.6. The van der Waals surface area contributed by atoms with E-state index in [2.05, 4.69) is 0 Å². The number of carbonyl (C=O) groups is 2. The molecule has 54 valence electrons. The number of nitrogens with zero attached hydrogens (tertiary/aromatic N) is 1. The zero-order valence-electron chi connectivity index (χ0n) is 4.83. The molecule has 4 nitrogen and oxygen atoms in total. The Labute approximate surface area is 88.2 Å². The van der Waals surface area contributed by atoms with Crippen LogP contribution in [0, 0.1) is 0 Å². The van der Waals surface area contributed by atoms with E-state index in [9.17, 15) is 9.59 Å². The molecule has 0 saturated carbocycles. The van der Waals surface area contributed by atoms with E-state index in [-0.39, 0.29) is 43.6 Å². The Kier molecular flexibility index (Phi) is 4.24. The van der Waals surface area contributed by atoms with E-state index in [4.69, 9.17) is 5.11 Å². The molecule has 1 N–H and O–H groups in total. The summed E-state index contributed by atoms with van der Waals surface area (Å²) in [6.45, 7) is 0.369. The molecule has 1 heterocycles. The van der Waals surface area contributed by atoms with Gasteiger partial charge in [-0.3, -0.25) is 4.79 Å². The maximum atomic E-state index is 10.6. The fourth-order valence-electron chi connectivity index (χ4n) is 0.850. The van der Waals surface area contributed by atoms with Crippen molar-refractivity contribution < 1.29 is 14.7 Å². The molecule has 0 bridgehead atoms. The van der Waals surface area contributed by atoms with Gasteiger partial charge in [0.05, 0.1) is 0 Å². The molecule has 1 aliphatic heterocycles. The van der Waals surface area contributed by atoms with E-state index >= 15 is 0 Å². The summed E-state index contributed by atoms with van der Waals surface area (Å²) in [6, 6.07) is 0. The number of likely N-dealkylation sites (tertiary alicyclic amines) is 1. The molecular weight excluding hydrogens is 162 g/mol. The SMILES string of the molecule is O=C(O)N1CCCC1=O.[CaH2]. The predicted molar refractivity (Wildman–Crippen MR) is 37.5 cm³/mol. The number of imide groups is 1. The molecule has 0 aromatic carbocycles. The second-order valence-corrected chi connectivity index (χ2v) is 1.93. The van der Waals surface area contributed by atoms with E-state index in [1.807, 2.05) is 0 Å². The van der Waals surface area contributed by atoms with Gasteiger partial charge in [0.1, 0.15) is 0 Å². The number of hydrogen-bond acceptors (Lipinski definition) is 2. The first kappa shape index (κ1) is 10.2. The number of carboxylic acid groups (broad SMARTS) is 1. The number of hydrogen-bond donors (Lipinski definition) is 1. The number of rotatable bonds is 0. The molecule has 0 aliphatic carbocycles. The van der Waals surface area contributed by atoms with Crippen molar-refractivity contribution >= 4 is 49.7 Å². The fourth-order valence-corrected chi connectivity index (χ4v) is 0.850. The molecule has 0 spiro atoms. The second-order valence-electron chi connectivity index (χ2n) is 1.93. The van der Waals surface area contributed by atoms with Crippen molar-refractivity contribution in [1.29, 1.82) is 0 Å². The van der Waals surface area contributed by atoms with Gasteiger partial charge in [-0.05, 0) is 6.42 Å². The molecule has 0 aromatic rings. The van der Waals surface area contributed by atoms with Gasteiger partial charge in [0.25, 0.3) is 0 Å². The van der Waals surface area contributed by atoms with Gasteiger partial charge in [-0.2, -0.15) is 0 Å². The van der Waals surface area contributed by atoms with Crippen LogP contribution >= 0.6 is 0 Å². The van der Waals surface area contributed by atoms with Gasteiger partial charge >= 0.3 is 43.8 Å². The summed E-state index contributed by atoms with van der Waals surface area (Å²) in [5.74, 6) is -0.275. The van der Waals surface area contributed by atoms with E-state index in [0.29, 0.717) is 19.4 Å². The summed E-state index contributed by atoms with van der Waals surface area (Å²) in [5.41, 5.74) is 0. The third-order valence-corrected chi connectivity index (χ3v) is 1.30. The van der Waals surface area contributed by atoms with Crippen molar-refractivity contribution in [2.45, 2.75) is 12.8 Å². The summed E-state index contributed by atoms with van der Waals surface area (Å²) in [6.07, 6.45) is -0.0743. The van der Waals surface area contributed by atoms with Crippen molar-refractivity contribution in [2.75, 3.05) is 6.54 Å². The van der Waals surface area contributed by atoms with Crippen LogP contribution in [0.15, 0.2) is 0 Å². The summed E-state index contributed by atoms with van der Waals surface area (Å²) < 4.78 is 0. The molecule has 1 saturated heterocycles. The molecule has 1 aliphatic rings. The Morgan fingerprint density at radius 1 is 1.60 bits per heavy atom. The molecule has 0 atom stereocenters. The minimum absolute atomic E-state index is 0. The third kappa shape index (κ3) is 2.11. The van der Waals surface area contributed by atoms with Crippen LogP contribution in [-0.2, 0) is 4.79 Å². The Balaban J connectivity index is 0.000000810. The van der Waals surface area contributed by atoms with E-state index < -0.39 is 6.09 Å². The Morgan fingerprint density at radius 3 is 2.40 bits per heavy atom. The summed E-state index contributed by atoms with van der Waals surface area (Å²) in [5, 5.41) is 8.29. The van der Waals surface area contributed by atoms with Crippen molar-refractivity contribution in [3.8, 4) is 0 Å². The van der Waals surface area contributed by atoms with Crippen molar-refractivity contribution in [3.63, 3.8) is 0 Å². The first-order valence-electron chi connectivity index (χ1n) is 2.75. The number of amides is 2. The van der Waals surface area contributed by atoms with E-state index in [0.717, 1.165) is 4.90 Å². The van der Waals surface area contributed by atoms with Gasteiger partial charge in [0.2, 0.25) is 5.91 Å². The van der Waals surface area contributed by atoms with Gasteiger partial charge in [-0.1, -0.05) is 0 Å². The molecule has 0 aromatic heterocycles. The van der Waals surface area contributed by atoms with Crippen LogP contribution in [-0.4, -0.2) is 66.3 Å². The zero-order valence-corrected chi connectivity index (χ0v) is 4.83. The van der Waals surface area contributed by atoms with Gasteiger partial charge in [0.15, 0.2) is 0 Å².